The van der Waals surface area contributed by atoms with E-state index in [1.54, 1.807) is 17.0 Å². The molecule has 1 amide bonds. The molecule has 4 nitrogen and oxygen atoms in total. The van der Waals surface area contributed by atoms with Crippen molar-refractivity contribution in [2.75, 3.05) is 18.8 Å². The van der Waals surface area contributed by atoms with Gasteiger partial charge in [0.1, 0.15) is 5.82 Å². The summed E-state index contributed by atoms with van der Waals surface area (Å²) in [5.41, 5.74) is 0.213. The van der Waals surface area contributed by atoms with E-state index in [0.717, 1.165) is 12.8 Å². The molecule has 1 unspecified atom stereocenters. The molecule has 1 atom stereocenters. The van der Waals surface area contributed by atoms with Crippen molar-refractivity contribution in [1.29, 1.82) is 0 Å². The summed E-state index contributed by atoms with van der Waals surface area (Å²) in [5, 5.41) is -0.863. The van der Waals surface area contributed by atoms with Crippen LogP contribution in [0, 0.1) is 5.82 Å². The minimum absolute atomic E-state index is 0.00812. The van der Waals surface area contributed by atoms with E-state index in [2.05, 4.69) is 0 Å². The van der Waals surface area contributed by atoms with Crippen LogP contribution in [-0.4, -0.2) is 38.1 Å². The maximum Gasteiger partial charge on any atom is 0.222 e. The smallest absolute Gasteiger partial charge is 0.222 e. The van der Waals surface area contributed by atoms with E-state index in [0.29, 0.717) is 13.0 Å². The molecule has 0 spiro atoms. The van der Waals surface area contributed by atoms with E-state index < -0.39 is 20.9 Å². The minimum atomic E-state index is -3.46. The number of rotatable bonds is 4. The number of hydrogen-bond donors (Lipinski definition) is 0. The number of halogens is 1. The lowest BCUT2D eigenvalue weighted by Crippen LogP contribution is -2.33. The van der Waals surface area contributed by atoms with Crippen molar-refractivity contribution < 1.29 is 17.6 Å². The van der Waals surface area contributed by atoms with Gasteiger partial charge in [0.05, 0.1) is 11.0 Å². The van der Waals surface area contributed by atoms with Crippen molar-refractivity contribution in [2.24, 2.45) is 0 Å². The minimum Gasteiger partial charge on any atom is -0.342 e. The molecule has 1 saturated heterocycles. The van der Waals surface area contributed by atoms with E-state index in [-0.39, 0.29) is 30.2 Å². The quantitative estimate of drug-likeness (QED) is 0.854. The molecule has 1 aromatic rings. The van der Waals surface area contributed by atoms with Gasteiger partial charge in [-0.3, -0.25) is 4.79 Å². The standard InChI is InChI=1S/C16H22FNO3S/c1-2-3-8-16(19)18-10-9-15(22(20,21)12-11-18)13-6-4-5-7-14(13)17/h4-7,15H,2-3,8-12H2,1H3. The van der Waals surface area contributed by atoms with Crippen molar-refractivity contribution in [3.05, 3.63) is 35.6 Å². The first-order valence-electron chi connectivity index (χ1n) is 7.69. The molecule has 0 radical (unpaired) electrons. The molecule has 0 bridgehead atoms. The Balaban J connectivity index is 2.18. The fourth-order valence-electron chi connectivity index (χ4n) is 2.76. The lowest BCUT2D eigenvalue weighted by molar-refractivity contribution is -0.131. The molecule has 1 heterocycles. The Kier molecular flexibility index (Phi) is 5.56. The Labute approximate surface area is 131 Å². The Bertz CT molecular complexity index is 630. The second-order valence-electron chi connectivity index (χ2n) is 5.65. The Morgan fingerprint density at radius 1 is 1.32 bits per heavy atom. The zero-order valence-corrected chi connectivity index (χ0v) is 13.6. The van der Waals surface area contributed by atoms with Crippen LogP contribution >= 0.6 is 0 Å². The molecule has 1 fully saturated rings. The van der Waals surface area contributed by atoms with Gasteiger partial charge < -0.3 is 4.90 Å². The summed E-state index contributed by atoms with van der Waals surface area (Å²) in [4.78, 5) is 13.7. The second-order valence-corrected chi connectivity index (χ2v) is 7.95. The zero-order chi connectivity index (χ0) is 16.2. The molecule has 22 heavy (non-hydrogen) atoms. The molecule has 1 aromatic carbocycles. The van der Waals surface area contributed by atoms with Crippen LogP contribution in [0.15, 0.2) is 24.3 Å². The lowest BCUT2D eigenvalue weighted by Gasteiger charge is -2.20. The maximum absolute atomic E-state index is 13.9. The van der Waals surface area contributed by atoms with Crippen molar-refractivity contribution in [2.45, 2.75) is 37.9 Å². The first kappa shape index (κ1) is 16.9. The molecule has 122 valence electrons. The molecule has 6 heteroatoms. The van der Waals surface area contributed by atoms with Crippen LogP contribution in [0.25, 0.3) is 0 Å². The molecule has 0 N–H and O–H groups in total. The Morgan fingerprint density at radius 2 is 2.05 bits per heavy atom. The largest absolute Gasteiger partial charge is 0.342 e. The van der Waals surface area contributed by atoms with Crippen molar-refractivity contribution in [1.82, 2.24) is 4.90 Å². The molecule has 2 rings (SSSR count). The van der Waals surface area contributed by atoms with Gasteiger partial charge in [-0.05, 0) is 18.9 Å². The number of benzene rings is 1. The predicted molar refractivity (Wildman–Crippen MR) is 83.6 cm³/mol. The van der Waals surface area contributed by atoms with E-state index in [1.165, 1.54) is 12.1 Å². The Hall–Kier alpha value is -1.43. The number of carbonyl (C=O) groups excluding carboxylic acids is 1. The van der Waals surface area contributed by atoms with Gasteiger partial charge in [0.2, 0.25) is 5.91 Å². The highest BCUT2D eigenvalue weighted by molar-refractivity contribution is 7.91. The van der Waals surface area contributed by atoms with Crippen LogP contribution in [-0.2, 0) is 14.6 Å². The van der Waals surface area contributed by atoms with Gasteiger partial charge in [0.25, 0.3) is 0 Å². The van der Waals surface area contributed by atoms with Crippen molar-refractivity contribution in [3.8, 4) is 0 Å². The molecular weight excluding hydrogens is 305 g/mol. The fraction of sp³-hybridized carbons (Fsp3) is 0.562. The maximum atomic E-state index is 13.9. The van der Waals surface area contributed by atoms with E-state index in [4.69, 9.17) is 0 Å². The van der Waals surface area contributed by atoms with Gasteiger partial charge in [-0.25, -0.2) is 12.8 Å². The summed E-state index contributed by atoms with van der Waals surface area (Å²) in [6.07, 6.45) is 2.43. The van der Waals surface area contributed by atoms with Crippen molar-refractivity contribution in [3.63, 3.8) is 0 Å². The summed E-state index contributed by atoms with van der Waals surface area (Å²) in [5.74, 6) is -0.614. The van der Waals surface area contributed by atoms with Crippen LogP contribution in [0.2, 0.25) is 0 Å². The molecule has 0 saturated carbocycles. The van der Waals surface area contributed by atoms with Crippen LogP contribution in [0.1, 0.15) is 43.4 Å². The first-order chi connectivity index (χ1) is 10.5. The summed E-state index contributed by atoms with van der Waals surface area (Å²) >= 11 is 0. The fourth-order valence-corrected chi connectivity index (χ4v) is 4.57. The molecular formula is C16H22FNO3S. The number of carbonyl (C=O) groups is 1. The van der Waals surface area contributed by atoms with Gasteiger partial charge >= 0.3 is 0 Å². The van der Waals surface area contributed by atoms with Crippen molar-refractivity contribution >= 4 is 15.7 Å². The summed E-state index contributed by atoms with van der Waals surface area (Å²) in [6, 6.07) is 5.98. The predicted octanol–water partition coefficient (Wildman–Crippen LogP) is 2.70. The topological polar surface area (TPSA) is 54.5 Å². The number of sulfone groups is 1. The monoisotopic (exact) mass is 327 g/mol. The summed E-state index contributed by atoms with van der Waals surface area (Å²) in [7, 11) is -3.46. The average molecular weight is 327 g/mol. The molecule has 1 aliphatic rings. The van der Waals surface area contributed by atoms with E-state index in [1.807, 2.05) is 6.92 Å². The summed E-state index contributed by atoms with van der Waals surface area (Å²) in [6.45, 7) is 2.57. The van der Waals surface area contributed by atoms with Gasteiger partial charge in [-0.1, -0.05) is 31.5 Å². The van der Waals surface area contributed by atoms with Gasteiger partial charge in [0.15, 0.2) is 9.84 Å². The zero-order valence-electron chi connectivity index (χ0n) is 12.8. The second kappa shape index (κ2) is 7.22. The first-order valence-corrected chi connectivity index (χ1v) is 9.41. The van der Waals surface area contributed by atoms with E-state index in [9.17, 15) is 17.6 Å². The third-order valence-corrected chi connectivity index (χ3v) is 6.20. The highest BCUT2D eigenvalue weighted by atomic mass is 32.2. The lowest BCUT2D eigenvalue weighted by atomic mass is 10.1. The number of amides is 1. The van der Waals surface area contributed by atoms with Crippen LogP contribution in [0.5, 0.6) is 0 Å². The van der Waals surface area contributed by atoms with Gasteiger partial charge in [0, 0.05) is 25.1 Å². The third-order valence-electron chi connectivity index (χ3n) is 4.09. The van der Waals surface area contributed by atoms with Crippen LogP contribution in [0.4, 0.5) is 4.39 Å². The molecule has 0 aliphatic carbocycles. The molecule has 0 aromatic heterocycles. The van der Waals surface area contributed by atoms with Gasteiger partial charge in [-0.15, -0.1) is 0 Å². The van der Waals surface area contributed by atoms with Crippen LogP contribution in [0.3, 0.4) is 0 Å². The molecule has 1 aliphatic heterocycles. The normalized spacial score (nSPS) is 21.4. The number of unbranched alkanes of at least 4 members (excludes halogenated alkanes) is 1. The third kappa shape index (κ3) is 3.85. The summed E-state index contributed by atoms with van der Waals surface area (Å²) < 4.78 is 38.8. The Morgan fingerprint density at radius 3 is 2.73 bits per heavy atom. The van der Waals surface area contributed by atoms with E-state index >= 15 is 0 Å². The highest BCUT2D eigenvalue weighted by Gasteiger charge is 2.33. The van der Waals surface area contributed by atoms with Gasteiger partial charge in [-0.2, -0.15) is 0 Å². The number of hydrogen-bond acceptors (Lipinski definition) is 3. The average Bonchev–Trinajstić information content (AvgIpc) is 2.64. The van der Waals surface area contributed by atoms with Crippen LogP contribution < -0.4 is 0 Å². The number of nitrogens with zero attached hydrogens (tertiary/aromatic N) is 1. The highest BCUT2D eigenvalue weighted by Crippen LogP contribution is 2.31. The SMILES string of the molecule is CCCCC(=O)N1CCC(c2ccccc2F)S(=O)(=O)CC1.